The predicted molar refractivity (Wildman–Crippen MR) is 104 cm³/mol. The second-order valence-corrected chi connectivity index (χ2v) is 6.41. The molecule has 0 bridgehead atoms. The summed E-state index contributed by atoms with van der Waals surface area (Å²) in [4.78, 5) is 19.8. The molecular weight excluding hydrogens is 353 g/mol. The third-order valence-corrected chi connectivity index (χ3v) is 3.97. The second-order valence-electron chi connectivity index (χ2n) is 6.41. The molecule has 9 heteroatoms. The Kier molecular flexibility index (Phi) is 6.51. The highest BCUT2D eigenvalue weighted by molar-refractivity contribution is 5.61. The summed E-state index contributed by atoms with van der Waals surface area (Å²) in [6.45, 7) is 6.09. The Morgan fingerprint density at radius 1 is 1.33 bits per heavy atom. The van der Waals surface area contributed by atoms with E-state index in [1.54, 1.807) is 27.3 Å². The Labute approximate surface area is 157 Å². The van der Waals surface area contributed by atoms with Gasteiger partial charge in [0.05, 0.1) is 12.0 Å². The fourth-order valence-electron chi connectivity index (χ4n) is 2.51. The molecule has 0 spiro atoms. The number of halogens is 1. The molecule has 0 atom stereocenters. The molecule has 1 heterocycles. The van der Waals surface area contributed by atoms with Crippen molar-refractivity contribution in [1.82, 2.24) is 4.98 Å². The van der Waals surface area contributed by atoms with E-state index in [-0.39, 0.29) is 6.04 Å². The molecule has 8 nitrogen and oxygen atoms in total. The first-order chi connectivity index (χ1) is 12.7. The van der Waals surface area contributed by atoms with Gasteiger partial charge in [0.1, 0.15) is 0 Å². The van der Waals surface area contributed by atoms with Crippen molar-refractivity contribution in [3.8, 4) is 0 Å². The molecule has 2 aromatic rings. The van der Waals surface area contributed by atoms with Gasteiger partial charge < -0.3 is 10.6 Å². The first kappa shape index (κ1) is 20.4. The number of hydroxylamine groups is 1. The fourth-order valence-corrected chi connectivity index (χ4v) is 2.51. The van der Waals surface area contributed by atoms with Crippen LogP contribution in [0.2, 0.25) is 0 Å². The molecule has 2 rings (SSSR count). The lowest BCUT2D eigenvalue weighted by molar-refractivity contribution is -0.387. The lowest BCUT2D eigenvalue weighted by Crippen LogP contribution is -2.18. The van der Waals surface area contributed by atoms with Crippen LogP contribution in [0.25, 0.3) is 0 Å². The lowest BCUT2D eigenvalue weighted by atomic mass is 10.1. The van der Waals surface area contributed by atoms with Gasteiger partial charge in [-0.3, -0.25) is 15.0 Å². The maximum absolute atomic E-state index is 13.7. The summed E-state index contributed by atoms with van der Waals surface area (Å²) in [5.41, 5.74) is 2.25. The van der Waals surface area contributed by atoms with E-state index in [2.05, 4.69) is 15.6 Å². The van der Waals surface area contributed by atoms with Gasteiger partial charge in [-0.15, -0.1) is 0 Å². The Morgan fingerprint density at radius 2 is 2.04 bits per heavy atom. The summed E-state index contributed by atoms with van der Waals surface area (Å²) in [6.07, 6.45) is 1.70. The SMILES string of the molecule is CON(C)c1cc(NC(C)C)c(CNc2cc([N+](=O)[O-])c(F)cc2C)cn1. The Balaban J connectivity index is 2.29. The van der Waals surface area contributed by atoms with Crippen molar-refractivity contribution in [3.05, 3.63) is 51.5 Å². The van der Waals surface area contributed by atoms with Crippen molar-refractivity contribution in [3.63, 3.8) is 0 Å². The van der Waals surface area contributed by atoms with E-state index >= 15 is 0 Å². The zero-order valence-electron chi connectivity index (χ0n) is 16.0. The summed E-state index contributed by atoms with van der Waals surface area (Å²) in [6, 6.07) is 4.42. The van der Waals surface area contributed by atoms with Gasteiger partial charge in [-0.25, -0.2) is 10.0 Å². The highest BCUT2D eigenvalue weighted by Gasteiger charge is 2.17. The van der Waals surface area contributed by atoms with E-state index in [4.69, 9.17) is 4.84 Å². The molecule has 1 aromatic heterocycles. The Hall–Kier alpha value is -2.94. The van der Waals surface area contributed by atoms with Gasteiger partial charge in [-0.2, -0.15) is 4.39 Å². The normalized spacial score (nSPS) is 10.8. The van der Waals surface area contributed by atoms with Gasteiger partial charge in [0, 0.05) is 54.9 Å². The molecule has 27 heavy (non-hydrogen) atoms. The molecule has 0 amide bonds. The maximum atomic E-state index is 13.7. The largest absolute Gasteiger partial charge is 0.382 e. The highest BCUT2D eigenvalue weighted by Crippen LogP contribution is 2.27. The number of aromatic nitrogens is 1. The minimum absolute atomic E-state index is 0.195. The first-order valence-electron chi connectivity index (χ1n) is 8.44. The van der Waals surface area contributed by atoms with Crippen LogP contribution in [-0.4, -0.2) is 30.1 Å². The molecule has 0 unspecified atom stereocenters. The number of hydrogen-bond donors (Lipinski definition) is 2. The van der Waals surface area contributed by atoms with Crippen LogP contribution in [0, 0.1) is 22.9 Å². The van der Waals surface area contributed by atoms with Gasteiger partial charge in [0.15, 0.2) is 5.82 Å². The number of nitrogens with one attached hydrogen (secondary N) is 2. The van der Waals surface area contributed by atoms with Crippen molar-refractivity contribution in [2.75, 3.05) is 29.9 Å². The number of benzene rings is 1. The van der Waals surface area contributed by atoms with Crippen LogP contribution in [0.5, 0.6) is 0 Å². The van der Waals surface area contributed by atoms with Gasteiger partial charge in [-0.05, 0) is 32.4 Å². The van der Waals surface area contributed by atoms with E-state index in [0.717, 1.165) is 17.3 Å². The van der Waals surface area contributed by atoms with E-state index < -0.39 is 16.4 Å². The average Bonchev–Trinajstić information content (AvgIpc) is 2.60. The summed E-state index contributed by atoms with van der Waals surface area (Å²) in [5.74, 6) is -0.211. The number of aryl methyl sites for hydroxylation is 1. The van der Waals surface area contributed by atoms with Crippen molar-refractivity contribution in [1.29, 1.82) is 0 Å². The van der Waals surface area contributed by atoms with Gasteiger partial charge >= 0.3 is 5.69 Å². The minimum atomic E-state index is -0.848. The molecule has 0 saturated carbocycles. The average molecular weight is 377 g/mol. The van der Waals surface area contributed by atoms with Crippen LogP contribution >= 0.6 is 0 Å². The maximum Gasteiger partial charge on any atom is 0.306 e. The van der Waals surface area contributed by atoms with E-state index in [1.807, 2.05) is 19.9 Å². The molecule has 146 valence electrons. The topological polar surface area (TPSA) is 92.6 Å². The van der Waals surface area contributed by atoms with Crippen molar-refractivity contribution < 1.29 is 14.2 Å². The zero-order valence-corrected chi connectivity index (χ0v) is 16.0. The molecule has 0 fully saturated rings. The smallest absolute Gasteiger partial charge is 0.306 e. The third kappa shape index (κ3) is 5.04. The van der Waals surface area contributed by atoms with Crippen LogP contribution in [0.3, 0.4) is 0 Å². The van der Waals surface area contributed by atoms with E-state index in [9.17, 15) is 14.5 Å². The number of nitro groups is 1. The number of hydrogen-bond acceptors (Lipinski definition) is 7. The second kappa shape index (κ2) is 8.63. The molecule has 0 aliphatic carbocycles. The molecule has 0 radical (unpaired) electrons. The van der Waals surface area contributed by atoms with Crippen molar-refractivity contribution in [2.24, 2.45) is 0 Å². The molecular formula is C18H24FN5O3. The van der Waals surface area contributed by atoms with Crippen LogP contribution in [0.1, 0.15) is 25.0 Å². The monoisotopic (exact) mass is 377 g/mol. The molecule has 0 aliphatic rings. The van der Waals surface area contributed by atoms with Gasteiger partial charge in [0.25, 0.3) is 0 Å². The highest BCUT2D eigenvalue weighted by atomic mass is 19.1. The lowest BCUT2D eigenvalue weighted by Gasteiger charge is -2.20. The predicted octanol–water partition coefficient (Wildman–Crippen LogP) is 3.87. The Bertz CT molecular complexity index is 829. The van der Waals surface area contributed by atoms with Crippen LogP contribution in [-0.2, 0) is 11.4 Å². The minimum Gasteiger partial charge on any atom is -0.382 e. The van der Waals surface area contributed by atoms with Crippen molar-refractivity contribution >= 4 is 22.9 Å². The Morgan fingerprint density at radius 3 is 2.63 bits per heavy atom. The molecule has 0 aliphatic heterocycles. The number of pyridine rings is 1. The summed E-state index contributed by atoms with van der Waals surface area (Å²) < 4.78 is 13.7. The molecule has 2 N–H and O–H groups in total. The standard InChI is InChI=1S/C18H24FN5O3/c1-11(2)22-16-8-18(23(4)27-5)21-10-13(16)9-20-15-7-17(24(25)26)14(19)6-12(15)3/h6-8,10-11,20H,9H2,1-5H3,(H,21,22). The quantitative estimate of drug-likeness (QED) is 0.533. The number of rotatable bonds is 8. The summed E-state index contributed by atoms with van der Waals surface area (Å²) in [7, 11) is 3.30. The van der Waals surface area contributed by atoms with Crippen LogP contribution in [0.15, 0.2) is 24.4 Å². The zero-order chi connectivity index (χ0) is 20.1. The van der Waals surface area contributed by atoms with Crippen LogP contribution < -0.4 is 15.7 Å². The summed E-state index contributed by atoms with van der Waals surface area (Å²) in [5, 5.41) is 19.0. The molecule has 0 saturated heterocycles. The first-order valence-corrected chi connectivity index (χ1v) is 8.44. The number of anilines is 3. The van der Waals surface area contributed by atoms with Crippen molar-refractivity contribution in [2.45, 2.75) is 33.4 Å². The summed E-state index contributed by atoms with van der Waals surface area (Å²) >= 11 is 0. The van der Waals surface area contributed by atoms with E-state index in [1.165, 1.54) is 11.1 Å². The van der Waals surface area contributed by atoms with Crippen LogP contribution in [0.4, 0.5) is 27.3 Å². The number of nitrogens with zero attached hydrogens (tertiary/aromatic N) is 3. The number of nitro benzene ring substituents is 1. The molecule has 1 aromatic carbocycles. The fraction of sp³-hybridized carbons (Fsp3) is 0.389. The van der Waals surface area contributed by atoms with Gasteiger partial charge in [-0.1, -0.05) is 0 Å². The van der Waals surface area contributed by atoms with E-state index in [0.29, 0.717) is 23.6 Å². The third-order valence-electron chi connectivity index (χ3n) is 3.97. The van der Waals surface area contributed by atoms with Gasteiger partial charge in [0.2, 0.25) is 5.82 Å².